The second-order valence-electron chi connectivity index (χ2n) is 5.90. The number of para-hydroxylation sites is 1. The molecular weight excluding hydrogens is 282 g/mol. The van der Waals surface area contributed by atoms with Gasteiger partial charge in [-0.05, 0) is 25.0 Å². The normalized spacial score (nSPS) is 11.1. The standard InChI is InChI=1S/C17H25NO4/c1-5-18(11-10-15(19)20)16(21)17(2,3)12-13-8-6-7-9-14(13)22-4/h6-9H,5,10-12H2,1-4H3,(H,19,20). The van der Waals surface area contributed by atoms with Crippen molar-refractivity contribution in [3.63, 3.8) is 0 Å². The molecule has 0 radical (unpaired) electrons. The summed E-state index contributed by atoms with van der Waals surface area (Å²) in [5.74, 6) is -0.173. The maximum absolute atomic E-state index is 12.7. The third-order valence-electron chi connectivity index (χ3n) is 3.67. The van der Waals surface area contributed by atoms with Crippen molar-refractivity contribution in [2.75, 3.05) is 20.2 Å². The van der Waals surface area contributed by atoms with Crippen LogP contribution in [0.1, 0.15) is 32.8 Å². The minimum Gasteiger partial charge on any atom is -0.496 e. The third kappa shape index (κ3) is 4.76. The van der Waals surface area contributed by atoms with E-state index in [1.807, 2.05) is 45.0 Å². The predicted molar refractivity (Wildman–Crippen MR) is 85.0 cm³/mol. The molecule has 0 saturated heterocycles. The molecule has 0 fully saturated rings. The lowest BCUT2D eigenvalue weighted by molar-refractivity contribution is -0.142. The van der Waals surface area contributed by atoms with Crippen LogP contribution in [0.3, 0.4) is 0 Å². The average molecular weight is 307 g/mol. The number of benzene rings is 1. The third-order valence-corrected chi connectivity index (χ3v) is 3.67. The number of ether oxygens (including phenoxy) is 1. The second-order valence-corrected chi connectivity index (χ2v) is 5.90. The lowest BCUT2D eigenvalue weighted by Gasteiger charge is -2.31. The fraction of sp³-hybridized carbons (Fsp3) is 0.529. The molecule has 22 heavy (non-hydrogen) atoms. The number of hydrogen-bond donors (Lipinski definition) is 1. The Morgan fingerprint density at radius 1 is 1.27 bits per heavy atom. The van der Waals surface area contributed by atoms with E-state index in [2.05, 4.69) is 0 Å². The summed E-state index contributed by atoms with van der Waals surface area (Å²) in [5, 5.41) is 8.79. The summed E-state index contributed by atoms with van der Waals surface area (Å²) in [6, 6.07) is 7.63. The topological polar surface area (TPSA) is 66.8 Å². The van der Waals surface area contributed by atoms with E-state index >= 15 is 0 Å². The molecule has 5 nitrogen and oxygen atoms in total. The van der Waals surface area contributed by atoms with Crippen molar-refractivity contribution in [1.29, 1.82) is 0 Å². The van der Waals surface area contributed by atoms with Crippen molar-refractivity contribution >= 4 is 11.9 Å². The van der Waals surface area contributed by atoms with Crippen LogP contribution >= 0.6 is 0 Å². The van der Waals surface area contributed by atoms with Crippen LogP contribution in [0.15, 0.2) is 24.3 Å². The zero-order valence-electron chi connectivity index (χ0n) is 13.8. The van der Waals surface area contributed by atoms with Gasteiger partial charge < -0.3 is 14.7 Å². The highest BCUT2D eigenvalue weighted by Gasteiger charge is 2.32. The van der Waals surface area contributed by atoms with Crippen LogP contribution in [0.25, 0.3) is 0 Å². The quantitative estimate of drug-likeness (QED) is 0.801. The van der Waals surface area contributed by atoms with E-state index in [-0.39, 0.29) is 18.9 Å². The Labute approximate surface area is 131 Å². The molecular formula is C17H25NO4. The number of nitrogens with zero attached hydrogens (tertiary/aromatic N) is 1. The van der Waals surface area contributed by atoms with Crippen molar-refractivity contribution < 1.29 is 19.4 Å². The van der Waals surface area contributed by atoms with Crippen LogP contribution < -0.4 is 4.74 Å². The molecule has 1 aromatic carbocycles. The van der Waals surface area contributed by atoms with Crippen molar-refractivity contribution in [3.05, 3.63) is 29.8 Å². The van der Waals surface area contributed by atoms with E-state index in [0.29, 0.717) is 13.0 Å². The summed E-state index contributed by atoms with van der Waals surface area (Å²) in [6.45, 7) is 6.36. The maximum atomic E-state index is 12.7. The molecule has 122 valence electrons. The molecule has 0 spiro atoms. The van der Waals surface area contributed by atoms with E-state index < -0.39 is 11.4 Å². The monoisotopic (exact) mass is 307 g/mol. The second kappa shape index (κ2) is 7.82. The molecule has 0 aromatic heterocycles. The fourth-order valence-corrected chi connectivity index (χ4v) is 2.46. The minimum atomic E-state index is -0.895. The van der Waals surface area contributed by atoms with Gasteiger partial charge in [-0.15, -0.1) is 0 Å². The molecule has 1 aromatic rings. The van der Waals surface area contributed by atoms with Gasteiger partial charge in [0.15, 0.2) is 0 Å². The van der Waals surface area contributed by atoms with Gasteiger partial charge in [-0.25, -0.2) is 0 Å². The van der Waals surface area contributed by atoms with Crippen molar-refractivity contribution in [2.24, 2.45) is 5.41 Å². The highest BCUT2D eigenvalue weighted by molar-refractivity contribution is 5.82. The summed E-state index contributed by atoms with van der Waals surface area (Å²) < 4.78 is 5.33. The van der Waals surface area contributed by atoms with Gasteiger partial charge in [0.05, 0.1) is 13.5 Å². The molecule has 5 heteroatoms. The average Bonchev–Trinajstić information content (AvgIpc) is 2.47. The van der Waals surface area contributed by atoms with Crippen molar-refractivity contribution in [3.8, 4) is 5.75 Å². The number of carbonyl (C=O) groups is 2. The van der Waals surface area contributed by atoms with Crippen LogP contribution in [0.4, 0.5) is 0 Å². The fourth-order valence-electron chi connectivity index (χ4n) is 2.46. The van der Waals surface area contributed by atoms with E-state index in [9.17, 15) is 9.59 Å². The van der Waals surface area contributed by atoms with Gasteiger partial charge in [-0.1, -0.05) is 32.0 Å². The Hall–Kier alpha value is -2.04. The van der Waals surface area contributed by atoms with E-state index in [0.717, 1.165) is 11.3 Å². The number of aliphatic carboxylic acids is 1. The largest absolute Gasteiger partial charge is 0.496 e. The molecule has 0 heterocycles. The first-order valence-electron chi connectivity index (χ1n) is 7.45. The van der Waals surface area contributed by atoms with Gasteiger partial charge in [0.2, 0.25) is 5.91 Å². The first kappa shape index (κ1) is 18.0. The van der Waals surface area contributed by atoms with Crippen molar-refractivity contribution in [1.82, 2.24) is 4.90 Å². The first-order valence-corrected chi connectivity index (χ1v) is 7.45. The molecule has 1 N–H and O–H groups in total. The van der Waals surface area contributed by atoms with Gasteiger partial charge >= 0.3 is 5.97 Å². The van der Waals surface area contributed by atoms with Crippen LogP contribution in [-0.2, 0) is 16.0 Å². The summed E-state index contributed by atoms with van der Waals surface area (Å²) in [4.78, 5) is 25.0. The number of rotatable bonds is 8. The van der Waals surface area contributed by atoms with Gasteiger partial charge in [0, 0.05) is 18.5 Å². The Kier molecular flexibility index (Phi) is 6.40. The SMILES string of the molecule is CCN(CCC(=O)O)C(=O)C(C)(C)Cc1ccccc1OC. The summed E-state index contributed by atoms with van der Waals surface area (Å²) >= 11 is 0. The molecule has 0 bridgehead atoms. The number of methoxy groups -OCH3 is 1. The summed E-state index contributed by atoms with van der Waals surface area (Å²) in [6.07, 6.45) is 0.504. The van der Waals surface area contributed by atoms with Crippen LogP contribution in [0, 0.1) is 5.41 Å². The Morgan fingerprint density at radius 2 is 1.91 bits per heavy atom. The first-order chi connectivity index (χ1) is 10.3. The molecule has 0 saturated carbocycles. The highest BCUT2D eigenvalue weighted by atomic mass is 16.5. The Balaban J connectivity index is 2.86. The smallest absolute Gasteiger partial charge is 0.305 e. The van der Waals surface area contributed by atoms with Gasteiger partial charge in [0.1, 0.15) is 5.75 Å². The molecule has 0 aliphatic carbocycles. The minimum absolute atomic E-state index is 0.0374. The number of carboxylic acids is 1. The summed E-state index contributed by atoms with van der Waals surface area (Å²) in [5.41, 5.74) is 0.348. The predicted octanol–water partition coefficient (Wildman–Crippen LogP) is 2.59. The number of carbonyl (C=O) groups excluding carboxylic acids is 1. The zero-order valence-corrected chi connectivity index (χ0v) is 13.8. The van der Waals surface area contributed by atoms with Gasteiger partial charge in [-0.2, -0.15) is 0 Å². The van der Waals surface area contributed by atoms with Crippen LogP contribution in [0.2, 0.25) is 0 Å². The van der Waals surface area contributed by atoms with E-state index in [1.54, 1.807) is 12.0 Å². The van der Waals surface area contributed by atoms with Crippen LogP contribution in [0.5, 0.6) is 5.75 Å². The highest BCUT2D eigenvalue weighted by Crippen LogP contribution is 2.29. The van der Waals surface area contributed by atoms with Crippen molar-refractivity contribution in [2.45, 2.75) is 33.6 Å². The van der Waals surface area contributed by atoms with Gasteiger partial charge in [-0.3, -0.25) is 9.59 Å². The van der Waals surface area contributed by atoms with E-state index in [4.69, 9.17) is 9.84 Å². The number of hydrogen-bond acceptors (Lipinski definition) is 3. The molecule has 1 rings (SSSR count). The lowest BCUT2D eigenvalue weighted by Crippen LogP contribution is -2.43. The molecule has 0 aliphatic heterocycles. The zero-order chi connectivity index (χ0) is 16.8. The van der Waals surface area contributed by atoms with E-state index in [1.165, 1.54) is 0 Å². The van der Waals surface area contributed by atoms with Crippen LogP contribution in [-0.4, -0.2) is 42.1 Å². The lowest BCUT2D eigenvalue weighted by atomic mass is 9.84. The number of amides is 1. The molecule has 0 atom stereocenters. The molecule has 0 unspecified atom stereocenters. The van der Waals surface area contributed by atoms with Gasteiger partial charge in [0.25, 0.3) is 0 Å². The Bertz CT molecular complexity index is 525. The molecule has 0 aliphatic rings. The molecule has 1 amide bonds. The maximum Gasteiger partial charge on any atom is 0.305 e. The number of carboxylic acid groups (broad SMARTS) is 1. The summed E-state index contributed by atoms with van der Waals surface area (Å²) in [7, 11) is 1.61. The Morgan fingerprint density at radius 3 is 2.45 bits per heavy atom.